The Balaban J connectivity index is 0.000000480. The molecular formula is C36H56F2KN5O4. The van der Waals surface area contributed by atoms with Crippen molar-refractivity contribution in [3.63, 3.8) is 0 Å². The van der Waals surface area contributed by atoms with Gasteiger partial charge in [0, 0.05) is 44.5 Å². The van der Waals surface area contributed by atoms with E-state index in [0.29, 0.717) is 24.4 Å². The predicted octanol–water partition coefficient (Wildman–Crippen LogP) is 3.92. The number of nitrogens with zero attached hydrogens (tertiary/aromatic N) is 3. The van der Waals surface area contributed by atoms with Crippen molar-refractivity contribution in [1.29, 1.82) is 0 Å². The Kier molecular flexibility index (Phi) is 17.0. The van der Waals surface area contributed by atoms with E-state index in [4.69, 9.17) is 10.5 Å². The predicted molar refractivity (Wildman–Crippen MR) is 179 cm³/mol. The van der Waals surface area contributed by atoms with Crippen LogP contribution in [0.4, 0.5) is 8.78 Å². The van der Waals surface area contributed by atoms with Crippen molar-refractivity contribution >= 4 is 11.8 Å². The third kappa shape index (κ3) is 13.0. The van der Waals surface area contributed by atoms with E-state index >= 15 is 0 Å². The van der Waals surface area contributed by atoms with Gasteiger partial charge in [0.05, 0.1) is 5.69 Å². The molecule has 1 aliphatic heterocycles. The van der Waals surface area contributed by atoms with Gasteiger partial charge in [-0.3, -0.25) is 20.0 Å². The van der Waals surface area contributed by atoms with Crippen LogP contribution >= 0.6 is 0 Å². The summed E-state index contributed by atoms with van der Waals surface area (Å²) in [5.41, 5.74) is 12.3. The first kappa shape index (κ1) is 42.6. The molecule has 3 atom stereocenters. The maximum atomic E-state index is 14.3. The molecule has 2 heterocycles. The van der Waals surface area contributed by atoms with Gasteiger partial charge in [-0.1, -0.05) is 78.4 Å². The first-order chi connectivity index (χ1) is 22.1. The summed E-state index contributed by atoms with van der Waals surface area (Å²) in [6, 6.07) is 6.60. The molecule has 3 aliphatic rings. The van der Waals surface area contributed by atoms with Crippen LogP contribution in [-0.2, 0) is 22.1 Å². The Morgan fingerprint density at radius 1 is 1.08 bits per heavy atom. The molecule has 1 saturated heterocycles. The Labute approximate surface area is 328 Å². The largest absolute Gasteiger partial charge is 1.00 e. The third-order valence-corrected chi connectivity index (χ3v) is 9.07. The van der Waals surface area contributed by atoms with Gasteiger partial charge in [-0.25, -0.2) is 0 Å². The van der Waals surface area contributed by atoms with E-state index in [1.807, 2.05) is 19.4 Å². The number of aromatic nitrogens is 2. The molecule has 3 unspecified atom stereocenters. The van der Waals surface area contributed by atoms with Crippen molar-refractivity contribution in [2.45, 2.75) is 136 Å². The van der Waals surface area contributed by atoms with Crippen LogP contribution in [0, 0.1) is 18.3 Å². The second kappa shape index (κ2) is 19.2. The molecule has 2 aromatic rings. The number of hydrogen-bond acceptors (Lipinski definition) is 6. The van der Waals surface area contributed by atoms with Gasteiger partial charge in [0.15, 0.2) is 0 Å². The van der Waals surface area contributed by atoms with Gasteiger partial charge in [0.25, 0.3) is 5.92 Å². The number of carbonyl (C=O) groups excluding carboxylic acids is 2. The number of halogens is 2. The summed E-state index contributed by atoms with van der Waals surface area (Å²) in [7, 11) is 0. The molecule has 2 aliphatic carbocycles. The van der Waals surface area contributed by atoms with Crippen molar-refractivity contribution in [2.24, 2.45) is 23.3 Å². The van der Waals surface area contributed by atoms with Crippen LogP contribution in [0.5, 0.6) is 5.75 Å². The molecule has 0 spiro atoms. The van der Waals surface area contributed by atoms with Crippen LogP contribution in [0.1, 0.15) is 140 Å². The Morgan fingerprint density at radius 2 is 1.69 bits per heavy atom. The molecule has 1 aromatic heterocycles. The van der Waals surface area contributed by atoms with Crippen LogP contribution in [0.15, 0.2) is 24.3 Å². The van der Waals surface area contributed by atoms with Gasteiger partial charge < -0.3 is 20.5 Å². The number of primary amides is 1. The summed E-state index contributed by atoms with van der Waals surface area (Å²) in [6.45, 7) is 10.5. The van der Waals surface area contributed by atoms with Gasteiger partial charge >= 0.3 is 51.4 Å². The van der Waals surface area contributed by atoms with Crippen molar-refractivity contribution in [1.82, 2.24) is 14.7 Å². The summed E-state index contributed by atoms with van der Waals surface area (Å²) in [6.07, 6.45) is 13.9. The molecule has 1 aromatic carbocycles. The number of carbonyl (C=O) groups is 2. The zero-order chi connectivity index (χ0) is 34.9. The van der Waals surface area contributed by atoms with E-state index in [9.17, 15) is 23.5 Å². The number of rotatable bonds is 9. The molecule has 0 bridgehead atoms. The van der Waals surface area contributed by atoms with Crippen LogP contribution in [0.25, 0.3) is 0 Å². The van der Waals surface area contributed by atoms with Gasteiger partial charge in [0.2, 0.25) is 17.7 Å². The molecule has 2 amide bonds. The van der Waals surface area contributed by atoms with Crippen molar-refractivity contribution in [2.75, 3.05) is 6.54 Å². The zero-order valence-electron chi connectivity index (χ0n) is 30.1. The Bertz CT molecular complexity index is 1310. The normalized spacial score (nSPS) is 20.9. The number of nitrogens with two attached hydrogens (primary N) is 2. The minimum Gasteiger partial charge on any atom is -0.512 e. The first-order valence-electron chi connectivity index (χ1n) is 17.2. The fourth-order valence-corrected chi connectivity index (χ4v) is 6.33. The van der Waals surface area contributed by atoms with Crippen LogP contribution in [-0.4, -0.2) is 44.1 Å². The van der Waals surface area contributed by atoms with E-state index < -0.39 is 11.8 Å². The van der Waals surface area contributed by atoms with E-state index in [2.05, 4.69) is 24.7 Å². The number of amides is 2. The topological polar surface area (TPSA) is 137 Å². The van der Waals surface area contributed by atoms with Crippen LogP contribution in [0.2, 0.25) is 0 Å². The number of hydrogen-bond donors (Lipinski definition) is 3. The SMILES string of the molecule is CC1CCCCCC1.CCC(N)=O.C[CH-]c1c(OC(C)(N)O)cccc1C1C(C)CCN1C(=O)Cn1nc(C2CC2)cc1C(C)(F)F.[K+]. The summed E-state index contributed by atoms with van der Waals surface area (Å²) >= 11 is 0. The number of aliphatic hydroxyl groups is 1. The maximum absolute atomic E-state index is 14.3. The summed E-state index contributed by atoms with van der Waals surface area (Å²) in [5.74, 6) is -3.66. The number of benzene rings is 1. The minimum absolute atomic E-state index is 0. The average molecular weight is 700 g/mol. The van der Waals surface area contributed by atoms with Gasteiger partial charge in [0.1, 0.15) is 12.2 Å². The molecule has 5 N–H and O–H groups in total. The molecular weight excluding hydrogens is 644 g/mol. The van der Waals surface area contributed by atoms with Gasteiger partial charge in [-0.05, 0) is 37.2 Å². The molecule has 0 radical (unpaired) electrons. The molecule has 5 rings (SSSR count). The second-order valence-corrected chi connectivity index (χ2v) is 13.7. The number of likely N-dealkylation sites (tertiary alicyclic amines) is 1. The second-order valence-electron chi connectivity index (χ2n) is 13.7. The van der Waals surface area contributed by atoms with Gasteiger partial charge in [-0.2, -0.15) is 20.3 Å². The smallest absolute Gasteiger partial charge is 0.512 e. The van der Waals surface area contributed by atoms with E-state index in [1.165, 1.54) is 56.2 Å². The van der Waals surface area contributed by atoms with E-state index in [-0.39, 0.29) is 93.3 Å². The fraction of sp³-hybridized carbons (Fsp3) is 0.667. The van der Waals surface area contributed by atoms with Crippen molar-refractivity contribution in [3.8, 4) is 5.75 Å². The van der Waals surface area contributed by atoms with E-state index in [0.717, 1.165) is 43.2 Å². The number of alkyl halides is 2. The van der Waals surface area contributed by atoms with Crippen LogP contribution < -0.4 is 67.6 Å². The van der Waals surface area contributed by atoms with E-state index in [1.54, 1.807) is 24.0 Å². The van der Waals surface area contributed by atoms with Crippen molar-refractivity contribution in [3.05, 3.63) is 53.2 Å². The number of ether oxygens (including phenoxy) is 1. The Hall–Kier alpha value is -1.54. The van der Waals surface area contributed by atoms with Gasteiger partial charge in [-0.15, -0.1) is 17.2 Å². The zero-order valence-corrected chi connectivity index (χ0v) is 33.2. The minimum atomic E-state index is -3.09. The quantitative estimate of drug-likeness (QED) is 0.157. The molecule has 9 nitrogen and oxygen atoms in total. The molecule has 264 valence electrons. The first-order valence-corrected chi connectivity index (χ1v) is 17.2. The summed E-state index contributed by atoms with van der Waals surface area (Å²) < 4.78 is 35.3. The van der Waals surface area contributed by atoms with Crippen molar-refractivity contribution < 1.29 is 79.6 Å². The maximum Gasteiger partial charge on any atom is 1.00 e. The summed E-state index contributed by atoms with van der Waals surface area (Å²) in [5, 5.41) is 14.3. The summed E-state index contributed by atoms with van der Waals surface area (Å²) in [4.78, 5) is 24.8. The molecule has 48 heavy (non-hydrogen) atoms. The fourth-order valence-electron chi connectivity index (χ4n) is 6.33. The Morgan fingerprint density at radius 3 is 2.19 bits per heavy atom. The monoisotopic (exact) mass is 699 g/mol. The van der Waals surface area contributed by atoms with Crippen LogP contribution in [0.3, 0.4) is 0 Å². The average Bonchev–Trinajstić information content (AvgIpc) is 3.70. The standard InChI is InChI=1S/C25H33F2N4O3.C8H16.C3H7NO.K/c1-5-17-18(7-6-8-20(17)34-25(4,28)33)23-15(2)11-12-30(23)22(32)14-31-21(24(3,26)27)13-19(29-31)16-9-10-16;1-8-6-4-2-3-5-7-8;1-2-3(4)5;/h5-8,13,15-16,23,33H,9-12,14,28H2,1-4H3;8H,2-7H2,1H3;2H2,1H3,(H2,4,5);/q-1;;;+1. The molecule has 2 saturated carbocycles. The molecule has 3 fully saturated rings. The third-order valence-electron chi connectivity index (χ3n) is 9.07. The molecule has 12 heteroatoms.